The van der Waals surface area contributed by atoms with Crippen LogP contribution in [0.1, 0.15) is 41.2 Å². The van der Waals surface area contributed by atoms with E-state index in [1.165, 1.54) is 0 Å². The van der Waals surface area contributed by atoms with E-state index in [0.717, 1.165) is 35.6 Å². The standard InChI is InChI=1S/C19H22N2O.ClH/c1-4-21(5-2)19(22)17-10-7-9-16(14-17)12-13-18-11-6-8-15(3)20-18;/h6-14H,4-5H2,1-3H3;1H. The molecule has 0 spiro atoms. The Hall–Kier alpha value is -2.13. The molecule has 0 saturated carbocycles. The normalized spacial score (nSPS) is 10.4. The van der Waals surface area contributed by atoms with Crippen molar-refractivity contribution in [2.45, 2.75) is 20.8 Å². The van der Waals surface area contributed by atoms with Gasteiger partial charge in [0, 0.05) is 24.3 Å². The Morgan fingerprint density at radius 1 is 1.09 bits per heavy atom. The number of carbonyl (C=O) groups excluding carboxylic acids is 1. The summed E-state index contributed by atoms with van der Waals surface area (Å²) in [6.45, 7) is 7.41. The molecule has 0 N–H and O–H groups in total. The fraction of sp³-hybridized carbons (Fsp3) is 0.263. The first kappa shape index (κ1) is 18.9. The second-order valence-electron chi connectivity index (χ2n) is 5.14. The number of halogens is 1. The van der Waals surface area contributed by atoms with Crippen molar-refractivity contribution in [1.29, 1.82) is 0 Å². The van der Waals surface area contributed by atoms with Gasteiger partial charge in [0.1, 0.15) is 0 Å². The highest BCUT2D eigenvalue weighted by Crippen LogP contribution is 2.12. The predicted octanol–water partition coefficient (Wildman–Crippen LogP) is 4.46. The van der Waals surface area contributed by atoms with Crippen molar-refractivity contribution in [2.75, 3.05) is 13.1 Å². The Labute approximate surface area is 144 Å². The maximum atomic E-state index is 12.4. The van der Waals surface area contributed by atoms with Crippen LogP contribution in [-0.2, 0) is 0 Å². The number of carbonyl (C=O) groups is 1. The minimum Gasteiger partial charge on any atom is -0.339 e. The van der Waals surface area contributed by atoms with Gasteiger partial charge in [-0.15, -0.1) is 12.4 Å². The number of benzene rings is 1. The van der Waals surface area contributed by atoms with Crippen molar-refractivity contribution in [3.8, 4) is 0 Å². The molecule has 0 fully saturated rings. The molecule has 1 heterocycles. The third-order valence-electron chi connectivity index (χ3n) is 3.54. The molecule has 2 rings (SSSR count). The van der Waals surface area contributed by atoms with Crippen LogP contribution >= 0.6 is 12.4 Å². The first-order chi connectivity index (χ1) is 10.6. The number of amides is 1. The van der Waals surface area contributed by atoms with Crippen molar-refractivity contribution >= 4 is 30.5 Å². The van der Waals surface area contributed by atoms with E-state index in [9.17, 15) is 4.79 Å². The zero-order valence-electron chi connectivity index (χ0n) is 13.8. The Balaban J connectivity index is 0.00000264. The summed E-state index contributed by atoms with van der Waals surface area (Å²) < 4.78 is 0. The average molecular weight is 331 g/mol. The lowest BCUT2D eigenvalue weighted by Gasteiger charge is -2.18. The summed E-state index contributed by atoms with van der Waals surface area (Å²) in [5.74, 6) is 0.0777. The molecule has 0 bridgehead atoms. The number of aryl methyl sites for hydroxylation is 1. The van der Waals surface area contributed by atoms with Gasteiger partial charge >= 0.3 is 0 Å². The van der Waals surface area contributed by atoms with E-state index in [1.54, 1.807) is 0 Å². The molecule has 0 saturated heterocycles. The second-order valence-corrected chi connectivity index (χ2v) is 5.14. The van der Waals surface area contributed by atoms with E-state index in [4.69, 9.17) is 0 Å². The van der Waals surface area contributed by atoms with Crippen LogP contribution < -0.4 is 0 Å². The van der Waals surface area contributed by atoms with Crippen molar-refractivity contribution < 1.29 is 4.79 Å². The van der Waals surface area contributed by atoms with Crippen molar-refractivity contribution in [2.24, 2.45) is 0 Å². The third-order valence-corrected chi connectivity index (χ3v) is 3.54. The van der Waals surface area contributed by atoms with Gasteiger partial charge in [0.25, 0.3) is 5.91 Å². The lowest BCUT2D eigenvalue weighted by Crippen LogP contribution is -2.30. The van der Waals surface area contributed by atoms with E-state index < -0.39 is 0 Å². The molecule has 0 aliphatic rings. The first-order valence-corrected chi connectivity index (χ1v) is 7.65. The lowest BCUT2D eigenvalue weighted by molar-refractivity contribution is 0.0773. The molecule has 0 aliphatic carbocycles. The molecule has 1 aromatic carbocycles. The van der Waals surface area contributed by atoms with Crippen molar-refractivity contribution in [3.05, 3.63) is 65.0 Å². The first-order valence-electron chi connectivity index (χ1n) is 7.65. The average Bonchev–Trinajstić information content (AvgIpc) is 2.54. The van der Waals surface area contributed by atoms with Gasteiger partial charge in [0.15, 0.2) is 0 Å². The molecule has 4 heteroatoms. The van der Waals surface area contributed by atoms with Crippen LogP contribution in [0.25, 0.3) is 12.2 Å². The quantitative estimate of drug-likeness (QED) is 0.810. The molecular formula is C19H23ClN2O. The van der Waals surface area contributed by atoms with Crippen LogP contribution in [0.3, 0.4) is 0 Å². The Morgan fingerprint density at radius 2 is 1.78 bits per heavy atom. The number of rotatable bonds is 5. The van der Waals surface area contributed by atoms with E-state index in [-0.39, 0.29) is 18.3 Å². The predicted molar refractivity (Wildman–Crippen MR) is 98.8 cm³/mol. The Morgan fingerprint density at radius 3 is 2.43 bits per heavy atom. The second kappa shape index (κ2) is 9.11. The van der Waals surface area contributed by atoms with E-state index in [2.05, 4.69) is 4.98 Å². The maximum Gasteiger partial charge on any atom is 0.253 e. The number of hydrogen-bond donors (Lipinski definition) is 0. The summed E-state index contributed by atoms with van der Waals surface area (Å²) in [6.07, 6.45) is 3.95. The molecule has 2 aromatic rings. The molecule has 3 nitrogen and oxygen atoms in total. The SMILES string of the molecule is CCN(CC)C(=O)c1cccc(C=Cc2cccc(C)n2)c1.Cl. The summed E-state index contributed by atoms with van der Waals surface area (Å²) >= 11 is 0. The fourth-order valence-electron chi connectivity index (χ4n) is 2.31. The van der Waals surface area contributed by atoms with Crippen LogP contribution in [0, 0.1) is 6.92 Å². The van der Waals surface area contributed by atoms with Crippen LogP contribution in [-0.4, -0.2) is 28.9 Å². The molecule has 23 heavy (non-hydrogen) atoms. The monoisotopic (exact) mass is 330 g/mol. The van der Waals surface area contributed by atoms with E-state index in [0.29, 0.717) is 0 Å². The highest BCUT2D eigenvalue weighted by molar-refractivity contribution is 5.95. The smallest absolute Gasteiger partial charge is 0.253 e. The lowest BCUT2D eigenvalue weighted by atomic mass is 10.1. The molecule has 0 atom stereocenters. The number of pyridine rings is 1. The Kier molecular flexibility index (Phi) is 7.49. The van der Waals surface area contributed by atoms with Gasteiger partial charge in [-0.25, -0.2) is 0 Å². The molecule has 122 valence electrons. The molecule has 1 amide bonds. The summed E-state index contributed by atoms with van der Waals surface area (Å²) in [7, 11) is 0. The Bertz CT molecular complexity index is 679. The third kappa shape index (κ3) is 5.22. The highest BCUT2D eigenvalue weighted by Gasteiger charge is 2.11. The molecule has 0 unspecified atom stereocenters. The van der Waals surface area contributed by atoms with Gasteiger partial charge in [0.2, 0.25) is 0 Å². The van der Waals surface area contributed by atoms with E-state index in [1.807, 2.05) is 80.3 Å². The number of aromatic nitrogens is 1. The molecule has 0 radical (unpaired) electrons. The van der Waals surface area contributed by atoms with Crippen LogP contribution in [0.15, 0.2) is 42.5 Å². The zero-order valence-corrected chi connectivity index (χ0v) is 14.6. The molecule has 1 aromatic heterocycles. The van der Waals surface area contributed by atoms with Crippen molar-refractivity contribution in [3.63, 3.8) is 0 Å². The minimum atomic E-state index is 0. The zero-order chi connectivity index (χ0) is 15.9. The van der Waals surface area contributed by atoms with Gasteiger partial charge in [-0.05, 0) is 56.7 Å². The summed E-state index contributed by atoms with van der Waals surface area (Å²) in [6, 6.07) is 13.6. The van der Waals surface area contributed by atoms with Crippen LogP contribution in [0.2, 0.25) is 0 Å². The number of nitrogens with zero attached hydrogens (tertiary/aromatic N) is 2. The fourth-order valence-corrected chi connectivity index (χ4v) is 2.31. The van der Waals surface area contributed by atoms with Crippen molar-refractivity contribution in [1.82, 2.24) is 9.88 Å². The molecular weight excluding hydrogens is 308 g/mol. The summed E-state index contributed by atoms with van der Waals surface area (Å²) in [4.78, 5) is 18.6. The van der Waals surface area contributed by atoms with Gasteiger partial charge in [0.05, 0.1) is 5.69 Å². The van der Waals surface area contributed by atoms with Crippen LogP contribution in [0.5, 0.6) is 0 Å². The summed E-state index contributed by atoms with van der Waals surface area (Å²) in [5.41, 5.74) is 3.64. The topological polar surface area (TPSA) is 33.2 Å². The van der Waals surface area contributed by atoms with Crippen LogP contribution in [0.4, 0.5) is 0 Å². The maximum absolute atomic E-state index is 12.4. The van der Waals surface area contributed by atoms with E-state index >= 15 is 0 Å². The number of hydrogen-bond acceptors (Lipinski definition) is 2. The van der Waals surface area contributed by atoms with Gasteiger partial charge < -0.3 is 4.90 Å². The summed E-state index contributed by atoms with van der Waals surface area (Å²) in [5, 5.41) is 0. The van der Waals surface area contributed by atoms with Gasteiger partial charge in [-0.2, -0.15) is 0 Å². The van der Waals surface area contributed by atoms with Gasteiger partial charge in [-0.1, -0.05) is 24.3 Å². The largest absolute Gasteiger partial charge is 0.339 e. The minimum absolute atomic E-state index is 0. The van der Waals surface area contributed by atoms with Gasteiger partial charge in [-0.3, -0.25) is 9.78 Å². The highest BCUT2D eigenvalue weighted by atomic mass is 35.5. The molecule has 0 aliphatic heterocycles.